The minimum Gasteiger partial charge on any atom is -0.493 e. The molecule has 5 heteroatoms. The third kappa shape index (κ3) is 2.92. The number of methoxy groups -OCH3 is 1. The standard InChI is InChI=1S/C22H29NO4/c1-21(2,3)20(24)26-15-8-9-22-10-11-23(4)13-14-6-7-16(25-5)19(18(14)22)27-17(22)12-15/h6-9,15,17H,10-13H2,1-5H3/t15-,17-,22-/m0/s1. The van der Waals surface area contributed by atoms with Crippen LogP contribution >= 0.6 is 0 Å². The normalized spacial score (nSPS) is 29.4. The average molecular weight is 371 g/mol. The van der Waals surface area contributed by atoms with Gasteiger partial charge in [-0.2, -0.15) is 0 Å². The van der Waals surface area contributed by atoms with Crippen LogP contribution in [0, 0.1) is 5.41 Å². The molecule has 0 bridgehead atoms. The monoisotopic (exact) mass is 371 g/mol. The van der Waals surface area contributed by atoms with E-state index in [1.807, 2.05) is 26.8 Å². The summed E-state index contributed by atoms with van der Waals surface area (Å²) in [6.07, 6.45) is 5.65. The Balaban J connectivity index is 1.72. The van der Waals surface area contributed by atoms with Crippen molar-refractivity contribution in [3.63, 3.8) is 0 Å². The zero-order chi connectivity index (χ0) is 19.4. The lowest BCUT2D eigenvalue weighted by molar-refractivity contribution is -0.157. The van der Waals surface area contributed by atoms with Gasteiger partial charge in [0.25, 0.3) is 0 Å². The van der Waals surface area contributed by atoms with E-state index in [4.69, 9.17) is 14.2 Å². The van der Waals surface area contributed by atoms with Crippen LogP contribution in [0.2, 0.25) is 0 Å². The molecule has 2 heterocycles. The molecule has 1 aromatic carbocycles. The fourth-order valence-electron chi connectivity index (χ4n) is 4.47. The first kappa shape index (κ1) is 18.4. The lowest BCUT2D eigenvalue weighted by Gasteiger charge is -2.37. The van der Waals surface area contributed by atoms with Gasteiger partial charge in [0.2, 0.25) is 0 Å². The van der Waals surface area contributed by atoms with Crippen molar-refractivity contribution in [1.82, 2.24) is 4.90 Å². The van der Waals surface area contributed by atoms with E-state index >= 15 is 0 Å². The molecule has 2 aliphatic heterocycles. The molecule has 3 atom stereocenters. The van der Waals surface area contributed by atoms with Crippen molar-refractivity contribution in [2.24, 2.45) is 5.41 Å². The molecular weight excluding hydrogens is 342 g/mol. The van der Waals surface area contributed by atoms with Crippen LogP contribution in [0.3, 0.4) is 0 Å². The van der Waals surface area contributed by atoms with Gasteiger partial charge in [0.15, 0.2) is 11.5 Å². The summed E-state index contributed by atoms with van der Waals surface area (Å²) in [5.41, 5.74) is 1.87. The SMILES string of the molecule is COc1ccc2c3c1O[C@H]1C[C@@H](OC(=O)C(C)(C)C)C=C[C@@]31CCN(C)C2. The fourth-order valence-corrected chi connectivity index (χ4v) is 4.47. The molecule has 0 N–H and O–H groups in total. The van der Waals surface area contributed by atoms with E-state index in [1.54, 1.807) is 7.11 Å². The molecule has 3 aliphatic rings. The molecule has 1 spiro atoms. The minimum atomic E-state index is -0.510. The Morgan fingerprint density at radius 1 is 1.33 bits per heavy atom. The summed E-state index contributed by atoms with van der Waals surface area (Å²) in [6, 6.07) is 4.16. The number of carbonyl (C=O) groups excluding carboxylic acids is 1. The summed E-state index contributed by atoms with van der Waals surface area (Å²) in [6.45, 7) is 7.53. The van der Waals surface area contributed by atoms with Crippen LogP contribution in [-0.4, -0.2) is 43.8 Å². The number of hydrogen-bond donors (Lipinski definition) is 0. The molecule has 0 saturated heterocycles. The smallest absolute Gasteiger partial charge is 0.311 e. The van der Waals surface area contributed by atoms with E-state index in [-0.39, 0.29) is 23.6 Å². The molecule has 1 aromatic rings. The van der Waals surface area contributed by atoms with Crippen molar-refractivity contribution in [3.8, 4) is 11.5 Å². The van der Waals surface area contributed by atoms with Crippen LogP contribution < -0.4 is 9.47 Å². The number of carbonyl (C=O) groups is 1. The molecule has 0 radical (unpaired) electrons. The Morgan fingerprint density at radius 2 is 2.11 bits per heavy atom. The van der Waals surface area contributed by atoms with Crippen molar-refractivity contribution in [1.29, 1.82) is 0 Å². The van der Waals surface area contributed by atoms with Crippen LogP contribution in [0.5, 0.6) is 11.5 Å². The van der Waals surface area contributed by atoms with Gasteiger partial charge in [-0.1, -0.05) is 12.1 Å². The zero-order valence-corrected chi connectivity index (χ0v) is 16.9. The molecule has 0 aromatic heterocycles. The van der Waals surface area contributed by atoms with Crippen LogP contribution in [0.25, 0.3) is 0 Å². The van der Waals surface area contributed by atoms with Gasteiger partial charge in [-0.25, -0.2) is 0 Å². The van der Waals surface area contributed by atoms with E-state index < -0.39 is 5.41 Å². The predicted octanol–water partition coefficient (Wildman–Crippen LogP) is 3.45. The summed E-state index contributed by atoms with van der Waals surface area (Å²) in [7, 11) is 3.84. The van der Waals surface area contributed by atoms with E-state index in [2.05, 4.69) is 30.2 Å². The summed E-state index contributed by atoms with van der Waals surface area (Å²) in [5.74, 6) is 1.47. The Kier molecular flexibility index (Phi) is 4.26. The molecule has 5 nitrogen and oxygen atoms in total. The first-order chi connectivity index (χ1) is 12.7. The number of hydrogen-bond acceptors (Lipinski definition) is 5. The largest absolute Gasteiger partial charge is 0.493 e. The molecule has 0 fully saturated rings. The van der Waals surface area contributed by atoms with Crippen molar-refractivity contribution in [2.45, 2.75) is 57.8 Å². The third-order valence-corrected chi connectivity index (χ3v) is 6.00. The van der Waals surface area contributed by atoms with Crippen molar-refractivity contribution < 1.29 is 19.0 Å². The van der Waals surface area contributed by atoms with Gasteiger partial charge in [0.1, 0.15) is 12.2 Å². The molecule has 0 unspecified atom stereocenters. The van der Waals surface area contributed by atoms with Crippen LogP contribution in [0.4, 0.5) is 0 Å². The third-order valence-electron chi connectivity index (χ3n) is 6.00. The molecule has 0 saturated carbocycles. The Bertz CT molecular complexity index is 794. The van der Waals surface area contributed by atoms with Gasteiger partial charge < -0.3 is 19.1 Å². The van der Waals surface area contributed by atoms with Gasteiger partial charge in [-0.3, -0.25) is 4.79 Å². The number of benzene rings is 1. The Labute approximate surface area is 161 Å². The Hall–Kier alpha value is -2.01. The highest BCUT2D eigenvalue weighted by molar-refractivity contribution is 5.75. The number of esters is 1. The highest BCUT2D eigenvalue weighted by atomic mass is 16.6. The number of rotatable bonds is 2. The van der Waals surface area contributed by atoms with Crippen molar-refractivity contribution in [2.75, 3.05) is 20.7 Å². The molecule has 1 aliphatic carbocycles. The molecule has 4 rings (SSSR count). The van der Waals surface area contributed by atoms with Crippen molar-refractivity contribution in [3.05, 3.63) is 35.4 Å². The highest BCUT2D eigenvalue weighted by Crippen LogP contribution is 2.55. The molecular formula is C22H29NO4. The van der Waals surface area contributed by atoms with Gasteiger partial charge >= 0.3 is 5.97 Å². The first-order valence-electron chi connectivity index (χ1n) is 9.70. The van der Waals surface area contributed by atoms with Crippen molar-refractivity contribution >= 4 is 5.97 Å². The fraction of sp³-hybridized carbons (Fsp3) is 0.591. The maximum absolute atomic E-state index is 12.3. The van der Waals surface area contributed by atoms with E-state index in [1.165, 1.54) is 11.1 Å². The first-order valence-corrected chi connectivity index (χ1v) is 9.70. The Morgan fingerprint density at radius 3 is 2.81 bits per heavy atom. The number of nitrogens with zero attached hydrogens (tertiary/aromatic N) is 1. The number of ether oxygens (including phenoxy) is 3. The van der Waals surface area contributed by atoms with Gasteiger partial charge in [0, 0.05) is 18.5 Å². The maximum Gasteiger partial charge on any atom is 0.311 e. The lowest BCUT2D eigenvalue weighted by atomic mass is 9.69. The molecule has 146 valence electrons. The zero-order valence-electron chi connectivity index (χ0n) is 16.9. The van der Waals surface area contributed by atoms with Gasteiger partial charge in [-0.15, -0.1) is 0 Å². The molecule has 0 amide bonds. The van der Waals surface area contributed by atoms with Crippen LogP contribution in [0.1, 0.15) is 44.7 Å². The van der Waals surface area contributed by atoms with E-state index in [9.17, 15) is 4.79 Å². The second kappa shape index (κ2) is 6.26. The van der Waals surface area contributed by atoms with Crippen LogP contribution in [0.15, 0.2) is 24.3 Å². The average Bonchev–Trinajstić information content (AvgIpc) is 2.86. The topological polar surface area (TPSA) is 48.0 Å². The van der Waals surface area contributed by atoms with Crippen LogP contribution in [-0.2, 0) is 21.5 Å². The highest BCUT2D eigenvalue weighted by Gasteiger charge is 2.53. The summed E-state index contributed by atoms with van der Waals surface area (Å²) < 4.78 is 17.8. The summed E-state index contributed by atoms with van der Waals surface area (Å²) in [5, 5.41) is 0. The molecule has 27 heavy (non-hydrogen) atoms. The van der Waals surface area contributed by atoms with E-state index in [0.717, 1.165) is 31.0 Å². The summed E-state index contributed by atoms with van der Waals surface area (Å²) in [4.78, 5) is 14.7. The second-order valence-electron chi connectivity index (χ2n) is 9.05. The summed E-state index contributed by atoms with van der Waals surface area (Å²) >= 11 is 0. The van der Waals surface area contributed by atoms with Gasteiger partial charge in [-0.05, 0) is 58.5 Å². The second-order valence-corrected chi connectivity index (χ2v) is 9.05. The van der Waals surface area contributed by atoms with E-state index in [0.29, 0.717) is 6.42 Å². The van der Waals surface area contributed by atoms with Gasteiger partial charge in [0.05, 0.1) is 17.9 Å². The maximum atomic E-state index is 12.3. The quantitative estimate of drug-likeness (QED) is 0.589. The predicted molar refractivity (Wildman–Crippen MR) is 103 cm³/mol. The minimum absolute atomic E-state index is 0.0446. The lowest BCUT2D eigenvalue weighted by Crippen LogP contribution is -2.44.